The van der Waals surface area contributed by atoms with Gasteiger partial charge in [0.25, 0.3) is 5.91 Å². The Bertz CT molecular complexity index is 1050. The Hall–Kier alpha value is -2.89. The zero-order valence-corrected chi connectivity index (χ0v) is 21.8. The number of fused-ring (bicyclic) bond motifs is 1. The molecule has 0 unspecified atom stereocenters. The number of amides is 2. The average Bonchev–Trinajstić information content (AvgIpc) is 3.38. The Morgan fingerprint density at radius 1 is 1.03 bits per heavy atom. The molecule has 0 radical (unpaired) electrons. The number of benzene rings is 2. The van der Waals surface area contributed by atoms with Crippen LogP contribution in [0.15, 0.2) is 48.5 Å². The highest BCUT2D eigenvalue weighted by Gasteiger charge is 2.46. The molecule has 5 nitrogen and oxygen atoms in total. The predicted octanol–water partition coefficient (Wildman–Crippen LogP) is 5.83. The Morgan fingerprint density at radius 3 is 2.36 bits per heavy atom. The molecule has 4 rings (SSSR count). The van der Waals surface area contributed by atoms with Crippen molar-refractivity contribution in [1.82, 2.24) is 9.80 Å². The van der Waals surface area contributed by atoms with Crippen LogP contribution in [-0.4, -0.2) is 53.9 Å². The van der Waals surface area contributed by atoms with Crippen LogP contribution in [0.1, 0.15) is 75.2 Å². The molecule has 1 aliphatic heterocycles. The van der Waals surface area contributed by atoms with E-state index in [0.29, 0.717) is 37.6 Å². The molecule has 1 atom stereocenters. The first kappa shape index (κ1) is 26.2. The van der Waals surface area contributed by atoms with Crippen molar-refractivity contribution in [1.29, 1.82) is 0 Å². The molecule has 2 aromatic carbocycles. The molecule has 0 spiro atoms. The van der Waals surface area contributed by atoms with Crippen LogP contribution in [0.25, 0.3) is 0 Å². The van der Waals surface area contributed by atoms with Crippen LogP contribution in [0, 0.1) is 11.7 Å². The lowest BCUT2D eigenvalue weighted by atomic mass is 9.77. The minimum Gasteiger partial charge on any atom is -0.491 e. The van der Waals surface area contributed by atoms with Gasteiger partial charge < -0.3 is 14.5 Å². The molecule has 2 aliphatic rings. The van der Waals surface area contributed by atoms with Gasteiger partial charge in [-0.3, -0.25) is 9.59 Å². The van der Waals surface area contributed by atoms with Gasteiger partial charge in [0.2, 0.25) is 5.91 Å². The summed E-state index contributed by atoms with van der Waals surface area (Å²) in [7, 11) is 0. The van der Waals surface area contributed by atoms with Gasteiger partial charge >= 0.3 is 0 Å². The van der Waals surface area contributed by atoms with E-state index in [4.69, 9.17) is 4.74 Å². The summed E-state index contributed by atoms with van der Waals surface area (Å²) in [6.07, 6.45) is 5.16. The second kappa shape index (κ2) is 11.4. The quantitative estimate of drug-likeness (QED) is 0.538. The molecule has 0 N–H and O–H groups in total. The predicted molar refractivity (Wildman–Crippen MR) is 140 cm³/mol. The maximum absolute atomic E-state index is 14.5. The Kier molecular flexibility index (Phi) is 8.32. The SMILES string of the molecule is CCN1CCCCN(C(=O)C2(c3ccc(F)cc3)CCCC2)[C@@H](C(C)C)COc2ccccc2C1=O. The summed E-state index contributed by atoms with van der Waals surface area (Å²) in [5.41, 5.74) is 0.856. The fraction of sp³-hybridized carbons (Fsp3) is 0.533. The molecule has 0 bridgehead atoms. The third-order valence-corrected chi connectivity index (χ3v) is 7.97. The van der Waals surface area contributed by atoms with Gasteiger partial charge in [0.1, 0.15) is 18.2 Å². The van der Waals surface area contributed by atoms with Crippen LogP contribution < -0.4 is 4.74 Å². The van der Waals surface area contributed by atoms with Crippen LogP contribution in [0.3, 0.4) is 0 Å². The molecule has 0 aromatic heterocycles. The van der Waals surface area contributed by atoms with Crippen molar-refractivity contribution in [3.63, 3.8) is 0 Å². The number of para-hydroxylation sites is 1. The number of halogens is 1. The molecular formula is C30H39FN2O3. The van der Waals surface area contributed by atoms with Gasteiger partial charge in [-0.25, -0.2) is 4.39 Å². The molecule has 1 fully saturated rings. The number of carbonyl (C=O) groups is 2. The molecule has 1 heterocycles. The van der Waals surface area contributed by atoms with E-state index < -0.39 is 5.41 Å². The molecular weight excluding hydrogens is 455 g/mol. The molecule has 2 amide bonds. The highest BCUT2D eigenvalue weighted by Crippen LogP contribution is 2.43. The monoisotopic (exact) mass is 494 g/mol. The number of hydrogen-bond donors (Lipinski definition) is 0. The topological polar surface area (TPSA) is 49.9 Å². The molecule has 1 saturated carbocycles. The lowest BCUT2D eigenvalue weighted by Gasteiger charge is -2.41. The van der Waals surface area contributed by atoms with E-state index in [0.717, 1.165) is 44.1 Å². The van der Waals surface area contributed by atoms with Crippen LogP contribution in [0.2, 0.25) is 0 Å². The zero-order chi connectivity index (χ0) is 25.7. The Morgan fingerprint density at radius 2 is 1.69 bits per heavy atom. The van der Waals surface area contributed by atoms with E-state index in [1.165, 1.54) is 12.1 Å². The van der Waals surface area contributed by atoms with Crippen LogP contribution in [0.4, 0.5) is 4.39 Å². The first-order valence-corrected chi connectivity index (χ1v) is 13.5. The first-order valence-electron chi connectivity index (χ1n) is 13.5. The zero-order valence-electron chi connectivity index (χ0n) is 21.8. The smallest absolute Gasteiger partial charge is 0.257 e. The van der Waals surface area contributed by atoms with Crippen molar-refractivity contribution in [2.45, 2.75) is 70.8 Å². The van der Waals surface area contributed by atoms with E-state index >= 15 is 0 Å². The van der Waals surface area contributed by atoms with Crippen molar-refractivity contribution in [3.8, 4) is 5.75 Å². The van der Waals surface area contributed by atoms with Gasteiger partial charge in [-0.05, 0) is 68.4 Å². The largest absolute Gasteiger partial charge is 0.491 e. The number of hydrogen-bond acceptors (Lipinski definition) is 3. The number of carbonyl (C=O) groups excluding carboxylic acids is 2. The van der Waals surface area contributed by atoms with Crippen molar-refractivity contribution in [3.05, 3.63) is 65.5 Å². The van der Waals surface area contributed by atoms with E-state index in [9.17, 15) is 14.0 Å². The van der Waals surface area contributed by atoms with Crippen LogP contribution in [0.5, 0.6) is 5.75 Å². The molecule has 194 valence electrons. The summed E-state index contributed by atoms with van der Waals surface area (Å²) >= 11 is 0. The maximum Gasteiger partial charge on any atom is 0.257 e. The highest BCUT2D eigenvalue weighted by atomic mass is 19.1. The molecule has 6 heteroatoms. The number of rotatable bonds is 4. The Labute approximate surface area is 214 Å². The van der Waals surface area contributed by atoms with Gasteiger partial charge in [-0.15, -0.1) is 0 Å². The molecule has 0 saturated heterocycles. The third-order valence-electron chi connectivity index (χ3n) is 7.97. The molecule has 36 heavy (non-hydrogen) atoms. The fourth-order valence-corrected chi connectivity index (χ4v) is 5.81. The van der Waals surface area contributed by atoms with E-state index in [-0.39, 0.29) is 29.6 Å². The summed E-state index contributed by atoms with van der Waals surface area (Å²) in [5, 5.41) is 0. The van der Waals surface area contributed by atoms with Crippen molar-refractivity contribution < 1.29 is 18.7 Å². The van der Waals surface area contributed by atoms with Crippen LogP contribution >= 0.6 is 0 Å². The lowest BCUT2D eigenvalue weighted by molar-refractivity contribution is -0.142. The maximum atomic E-state index is 14.5. The molecule has 1 aliphatic carbocycles. The van der Waals surface area contributed by atoms with Crippen molar-refractivity contribution >= 4 is 11.8 Å². The summed E-state index contributed by atoms with van der Waals surface area (Å²) in [4.78, 5) is 31.6. The van der Waals surface area contributed by atoms with Crippen molar-refractivity contribution in [2.75, 3.05) is 26.2 Å². The fourth-order valence-electron chi connectivity index (χ4n) is 5.81. The summed E-state index contributed by atoms with van der Waals surface area (Å²) in [6.45, 7) is 8.43. The third kappa shape index (κ3) is 5.28. The lowest BCUT2D eigenvalue weighted by Crippen LogP contribution is -2.54. The second-order valence-electron chi connectivity index (χ2n) is 10.5. The summed E-state index contributed by atoms with van der Waals surface area (Å²) in [6, 6.07) is 13.8. The minimum atomic E-state index is -0.624. The summed E-state index contributed by atoms with van der Waals surface area (Å²) < 4.78 is 20.0. The van der Waals surface area contributed by atoms with E-state index in [2.05, 4.69) is 13.8 Å². The number of nitrogens with zero attached hydrogens (tertiary/aromatic N) is 2. The van der Waals surface area contributed by atoms with Gasteiger partial charge in [-0.1, -0.05) is 51.0 Å². The summed E-state index contributed by atoms with van der Waals surface area (Å²) in [5.74, 6) is 0.562. The van der Waals surface area contributed by atoms with E-state index in [1.54, 1.807) is 12.1 Å². The minimum absolute atomic E-state index is 0.0103. The standard InChI is InChI=1S/C30H39FN2O3/c1-4-32-19-9-10-20-33(26(22(2)3)21-36-27-12-6-5-11-25(27)28(32)34)29(35)30(17-7-8-18-30)23-13-15-24(31)16-14-23/h5-6,11-16,22,26H,4,7-10,17-21H2,1-3H3/t26-/m1/s1. The Balaban J connectivity index is 1.70. The second-order valence-corrected chi connectivity index (χ2v) is 10.5. The normalized spacial score (nSPS) is 20.9. The number of ether oxygens (including phenoxy) is 1. The molecule has 2 aromatic rings. The van der Waals surface area contributed by atoms with Crippen LogP contribution in [-0.2, 0) is 10.2 Å². The first-order chi connectivity index (χ1) is 17.4. The van der Waals surface area contributed by atoms with Crippen molar-refractivity contribution in [2.24, 2.45) is 5.92 Å². The average molecular weight is 495 g/mol. The van der Waals surface area contributed by atoms with Gasteiger partial charge in [0.05, 0.1) is 17.0 Å². The van der Waals surface area contributed by atoms with Gasteiger partial charge in [0.15, 0.2) is 0 Å². The van der Waals surface area contributed by atoms with E-state index in [1.807, 2.05) is 41.0 Å². The van der Waals surface area contributed by atoms with Gasteiger partial charge in [-0.2, -0.15) is 0 Å². The van der Waals surface area contributed by atoms with Gasteiger partial charge in [0, 0.05) is 19.6 Å². The highest BCUT2D eigenvalue weighted by molar-refractivity contribution is 5.97.